The van der Waals surface area contributed by atoms with E-state index in [1.165, 1.54) is 29.6 Å². The Balaban J connectivity index is 1.52. The van der Waals surface area contributed by atoms with Gasteiger partial charge in [-0.2, -0.15) is 4.98 Å². The van der Waals surface area contributed by atoms with Gasteiger partial charge in [-0.3, -0.25) is 19.0 Å². The summed E-state index contributed by atoms with van der Waals surface area (Å²) >= 11 is 6.33. The quantitative estimate of drug-likeness (QED) is 0.352. The predicted octanol–water partition coefficient (Wildman–Crippen LogP) is 1.19. The van der Waals surface area contributed by atoms with Gasteiger partial charge in [0.25, 0.3) is 5.92 Å². The number of ether oxygens (including phenoxy) is 1. The minimum absolute atomic E-state index is 0.0730. The highest BCUT2D eigenvalue weighted by molar-refractivity contribution is 6.32. The number of hydrogen-bond donors (Lipinski definition) is 3. The van der Waals surface area contributed by atoms with Gasteiger partial charge in [-0.05, 0) is 18.2 Å². The molecule has 5 rings (SSSR count). The molecule has 2 aliphatic rings. The standard InChI is InChI=1S/C25H28ClF2N7O5/c1-13-7-33(9-19(36)25(13,27)28)24-30-6-16(26)21(32-24)31-15-3-4-17-18(5-15)35(10-20(37)29-2)23(39)22(38)34(17)8-14-11-40-12-14/h3-6,13-14,19,36H,7-12H2,1-2H3,(H,29,37)(H,30,31,32)/t13-,19+/m1/s1. The summed E-state index contributed by atoms with van der Waals surface area (Å²) in [4.78, 5) is 48.2. The molecule has 2 saturated heterocycles. The minimum atomic E-state index is -3.23. The highest BCUT2D eigenvalue weighted by atomic mass is 35.5. The van der Waals surface area contributed by atoms with Crippen molar-refractivity contribution in [2.45, 2.75) is 32.0 Å². The van der Waals surface area contributed by atoms with E-state index in [2.05, 4.69) is 20.6 Å². The number of carbonyl (C=O) groups excluding carboxylic acids is 1. The number of likely N-dealkylation sites (N-methyl/N-ethyl adjacent to an activating group) is 1. The van der Waals surface area contributed by atoms with Gasteiger partial charge in [0.15, 0.2) is 5.82 Å². The Kier molecular flexibility index (Phi) is 7.50. The second kappa shape index (κ2) is 10.7. The number of halogens is 3. The van der Waals surface area contributed by atoms with Crippen molar-refractivity contribution < 1.29 is 23.4 Å². The van der Waals surface area contributed by atoms with Gasteiger partial charge in [0.1, 0.15) is 17.7 Å². The number of β-amino-alcohol motifs (C(OH)–C–C–N with tert-alkyl or cyclic N) is 1. The number of piperidine rings is 1. The van der Waals surface area contributed by atoms with Gasteiger partial charge in [0.2, 0.25) is 11.9 Å². The van der Waals surface area contributed by atoms with Crippen LogP contribution in [0.4, 0.5) is 26.2 Å². The molecule has 0 bridgehead atoms. The van der Waals surface area contributed by atoms with Crippen molar-refractivity contribution in [3.63, 3.8) is 0 Å². The first kappa shape index (κ1) is 27.9. The van der Waals surface area contributed by atoms with Crippen LogP contribution < -0.4 is 26.7 Å². The van der Waals surface area contributed by atoms with Crippen molar-refractivity contribution in [1.29, 1.82) is 0 Å². The van der Waals surface area contributed by atoms with E-state index in [-0.39, 0.29) is 42.3 Å². The fraction of sp³-hybridized carbons (Fsp3) is 0.480. The maximum Gasteiger partial charge on any atom is 0.317 e. The van der Waals surface area contributed by atoms with E-state index in [9.17, 15) is 28.3 Å². The van der Waals surface area contributed by atoms with Crippen LogP contribution in [-0.4, -0.2) is 75.5 Å². The molecule has 2 aliphatic heterocycles. The number of aliphatic hydroxyl groups excluding tert-OH is 1. The Morgan fingerprint density at radius 3 is 2.58 bits per heavy atom. The van der Waals surface area contributed by atoms with Gasteiger partial charge in [0.05, 0.1) is 37.0 Å². The van der Waals surface area contributed by atoms with Crippen molar-refractivity contribution in [3.8, 4) is 0 Å². The third-order valence-corrected chi connectivity index (χ3v) is 7.50. The lowest BCUT2D eigenvalue weighted by molar-refractivity contribution is -0.149. The summed E-state index contributed by atoms with van der Waals surface area (Å²) in [7, 11) is 1.43. The van der Waals surface area contributed by atoms with Crippen LogP contribution >= 0.6 is 11.6 Å². The van der Waals surface area contributed by atoms with E-state index in [1.54, 1.807) is 18.2 Å². The third-order valence-electron chi connectivity index (χ3n) is 7.22. The molecule has 1 amide bonds. The SMILES string of the molecule is CNC(=O)Cn1c(=O)c(=O)n(CC2COC2)c2ccc(Nc3nc(N4C[C@@H](C)C(F)(F)[C@@H](O)C4)ncc3Cl)cc21. The van der Waals surface area contributed by atoms with Crippen LogP contribution in [-0.2, 0) is 22.6 Å². The zero-order valence-corrected chi connectivity index (χ0v) is 22.5. The lowest BCUT2D eigenvalue weighted by Crippen LogP contribution is -2.56. The average molecular weight is 580 g/mol. The van der Waals surface area contributed by atoms with Crippen LogP contribution in [0, 0.1) is 11.8 Å². The van der Waals surface area contributed by atoms with Crippen LogP contribution in [0.1, 0.15) is 6.92 Å². The molecule has 3 N–H and O–H groups in total. The van der Waals surface area contributed by atoms with Crippen LogP contribution in [0.25, 0.3) is 11.0 Å². The highest BCUT2D eigenvalue weighted by Gasteiger charge is 2.49. The fourth-order valence-electron chi connectivity index (χ4n) is 4.79. The average Bonchev–Trinajstić information content (AvgIpc) is 2.90. The van der Waals surface area contributed by atoms with E-state index in [0.717, 1.165) is 4.57 Å². The number of amides is 1. The number of nitrogens with zero attached hydrogens (tertiary/aromatic N) is 5. The highest BCUT2D eigenvalue weighted by Crippen LogP contribution is 2.35. The molecule has 4 heterocycles. The maximum absolute atomic E-state index is 14.1. The van der Waals surface area contributed by atoms with Gasteiger partial charge in [-0.25, -0.2) is 13.8 Å². The number of anilines is 3. The topological polar surface area (TPSA) is 144 Å². The zero-order valence-electron chi connectivity index (χ0n) is 21.7. The molecule has 12 nitrogen and oxygen atoms in total. The van der Waals surface area contributed by atoms with Crippen LogP contribution in [0.3, 0.4) is 0 Å². The third kappa shape index (κ3) is 5.13. The minimum Gasteiger partial charge on any atom is -0.385 e. The summed E-state index contributed by atoms with van der Waals surface area (Å²) in [5.74, 6) is -4.48. The second-order valence-electron chi connectivity index (χ2n) is 10.1. The van der Waals surface area contributed by atoms with Crippen molar-refractivity contribution in [3.05, 3.63) is 50.1 Å². The van der Waals surface area contributed by atoms with Crippen molar-refractivity contribution in [2.24, 2.45) is 11.8 Å². The number of carbonyl (C=O) groups is 1. The molecule has 0 spiro atoms. The first-order chi connectivity index (χ1) is 19.0. The lowest BCUT2D eigenvalue weighted by Gasteiger charge is -2.40. The smallest absolute Gasteiger partial charge is 0.317 e. The molecule has 0 saturated carbocycles. The number of benzene rings is 1. The van der Waals surface area contributed by atoms with Crippen molar-refractivity contribution >= 4 is 46.0 Å². The molecule has 2 fully saturated rings. The van der Waals surface area contributed by atoms with Crippen LogP contribution in [0.5, 0.6) is 0 Å². The normalized spacial score (nSPS) is 20.8. The van der Waals surface area contributed by atoms with Gasteiger partial charge in [-0.1, -0.05) is 18.5 Å². The largest absolute Gasteiger partial charge is 0.385 e. The molecular weight excluding hydrogens is 552 g/mol. The van der Waals surface area contributed by atoms with E-state index in [0.29, 0.717) is 36.5 Å². The van der Waals surface area contributed by atoms with Gasteiger partial charge in [-0.15, -0.1) is 0 Å². The first-order valence-corrected chi connectivity index (χ1v) is 13.0. The number of aliphatic hydroxyl groups is 1. The van der Waals surface area contributed by atoms with E-state index >= 15 is 0 Å². The summed E-state index contributed by atoms with van der Waals surface area (Å²) in [6.45, 7) is 1.80. The number of fused-ring (bicyclic) bond motifs is 1. The lowest BCUT2D eigenvalue weighted by atomic mass is 9.93. The summed E-state index contributed by atoms with van der Waals surface area (Å²) in [5, 5.41) is 15.6. The first-order valence-electron chi connectivity index (χ1n) is 12.7. The molecule has 3 aromatic rings. The molecule has 40 heavy (non-hydrogen) atoms. The number of hydrogen-bond acceptors (Lipinski definition) is 9. The maximum atomic E-state index is 14.1. The molecule has 0 aliphatic carbocycles. The molecule has 1 aromatic carbocycles. The molecule has 0 radical (unpaired) electrons. The van der Waals surface area contributed by atoms with Crippen molar-refractivity contribution in [1.82, 2.24) is 24.4 Å². The number of alkyl halides is 2. The second-order valence-corrected chi connectivity index (χ2v) is 10.5. The number of nitrogens with one attached hydrogen (secondary N) is 2. The number of aromatic nitrogens is 4. The van der Waals surface area contributed by atoms with Gasteiger partial charge >= 0.3 is 11.1 Å². The molecule has 214 valence electrons. The van der Waals surface area contributed by atoms with Gasteiger partial charge in [0, 0.05) is 37.7 Å². The van der Waals surface area contributed by atoms with E-state index in [1.807, 2.05) is 0 Å². The molecule has 15 heteroatoms. The zero-order chi connectivity index (χ0) is 28.8. The van der Waals surface area contributed by atoms with Crippen LogP contribution in [0.2, 0.25) is 5.02 Å². The summed E-state index contributed by atoms with van der Waals surface area (Å²) in [5.41, 5.74) is -0.363. The molecule has 0 unspecified atom stereocenters. The summed E-state index contributed by atoms with van der Waals surface area (Å²) in [6.07, 6.45) is -0.565. The molecular formula is C25H28ClF2N7O5. The van der Waals surface area contributed by atoms with E-state index in [4.69, 9.17) is 16.3 Å². The molecule has 2 atom stereocenters. The Morgan fingerprint density at radius 2 is 1.93 bits per heavy atom. The summed E-state index contributed by atoms with van der Waals surface area (Å²) < 4.78 is 36.0. The molecule has 2 aromatic heterocycles. The predicted molar refractivity (Wildman–Crippen MR) is 143 cm³/mol. The van der Waals surface area contributed by atoms with Gasteiger partial charge < -0.3 is 29.9 Å². The Hall–Kier alpha value is -3.62. The Morgan fingerprint density at radius 1 is 1.20 bits per heavy atom. The number of rotatable bonds is 7. The van der Waals surface area contributed by atoms with Crippen molar-refractivity contribution in [2.75, 3.05) is 43.6 Å². The Bertz CT molecular complexity index is 1560. The Labute approximate surface area is 231 Å². The van der Waals surface area contributed by atoms with Crippen LogP contribution in [0.15, 0.2) is 34.0 Å². The summed E-state index contributed by atoms with van der Waals surface area (Å²) in [6, 6.07) is 4.91. The fourth-order valence-corrected chi connectivity index (χ4v) is 4.93. The monoisotopic (exact) mass is 579 g/mol. The van der Waals surface area contributed by atoms with E-state index < -0.39 is 35.0 Å².